The highest BCUT2D eigenvalue weighted by molar-refractivity contribution is 5.74. The molecule has 4 N–H and O–H groups in total. The highest BCUT2D eigenvalue weighted by Gasteiger charge is 2.25. The van der Waals surface area contributed by atoms with Crippen molar-refractivity contribution in [1.82, 2.24) is 20.2 Å². The van der Waals surface area contributed by atoms with E-state index in [4.69, 9.17) is 11.5 Å². The summed E-state index contributed by atoms with van der Waals surface area (Å²) >= 11 is 0. The van der Waals surface area contributed by atoms with Gasteiger partial charge in [-0.1, -0.05) is 13.3 Å². The number of hydrogen-bond donors (Lipinski definition) is 2. The first-order valence-corrected chi connectivity index (χ1v) is 7.62. The first kappa shape index (κ1) is 13.9. The van der Waals surface area contributed by atoms with E-state index in [2.05, 4.69) is 22.4 Å². The van der Waals surface area contributed by atoms with Gasteiger partial charge in [-0.05, 0) is 60.2 Å². The van der Waals surface area contributed by atoms with E-state index in [1.807, 2.05) is 16.8 Å². The average Bonchev–Trinajstić information content (AvgIpc) is 2.96. The van der Waals surface area contributed by atoms with E-state index in [9.17, 15) is 0 Å². The number of hydrogen-bond acceptors (Lipinski definition) is 5. The Morgan fingerprint density at radius 2 is 1.95 bits per heavy atom. The smallest absolute Gasteiger partial charge is 0.184 e. The molecule has 3 rings (SSSR count). The molecule has 1 aromatic heterocycles. The van der Waals surface area contributed by atoms with Gasteiger partial charge in [-0.3, -0.25) is 0 Å². The fourth-order valence-corrected chi connectivity index (χ4v) is 3.20. The largest absolute Gasteiger partial charge is 0.399 e. The molecule has 0 atom stereocenters. The fourth-order valence-electron chi connectivity index (χ4n) is 3.20. The molecular formula is C15H22N6. The second kappa shape index (κ2) is 5.71. The van der Waals surface area contributed by atoms with Crippen LogP contribution in [0.4, 0.5) is 11.4 Å². The summed E-state index contributed by atoms with van der Waals surface area (Å²) < 4.78 is 1.94. The second-order valence-electron chi connectivity index (χ2n) is 5.88. The van der Waals surface area contributed by atoms with E-state index >= 15 is 0 Å². The number of benzene rings is 1. The third-order valence-electron chi connectivity index (χ3n) is 4.55. The Labute approximate surface area is 124 Å². The molecule has 1 heterocycles. The normalized spacial score (nSPS) is 22.3. The van der Waals surface area contributed by atoms with Crippen LogP contribution >= 0.6 is 0 Å². The predicted molar refractivity (Wildman–Crippen MR) is 83.4 cm³/mol. The molecule has 0 aliphatic heterocycles. The Hall–Kier alpha value is -2.11. The molecule has 1 saturated carbocycles. The first-order valence-electron chi connectivity index (χ1n) is 7.62. The maximum Gasteiger partial charge on any atom is 0.184 e. The first-order chi connectivity index (χ1) is 10.2. The molecule has 0 saturated heterocycles. The number of nitrogens with zero attached hydrogens (tertiary/aromatic N) is 4. The lowest BCUT2D eigenvalue weighted by Gasteiger charge is -2.28. The Kier molecular flexibility index (Phi) is 3.77. The van der Waals surface area contributed by atoms with Crippen molar-refractivity contribution in [2.75, 3.05) is 11.5 Å². The predicted octanol–water partition coefficient (Wildman–Crippen LogP) is 2.65. The van der Waals surface area contributed by atoms with Gasteiger partial charge in [-0.15, -0.1) is 5.10 Å². The van der Waals surface area contributed by atoms with Gasteiger partial charge in [0.1, 0.15) is 0 Å². The Morgan fingerprint density at radius 3 is 2.62 bits per heavy atom. The number of tetrazole rings is 1. The van der Waals surface area contributed by atoms with Gasteiger partial charge < -0.3 is 11.5 Å². The van der Waals surface area contributed by atoms with Gasteiger partial charge >= 0.3 is 0 Å². The van der Waals surface area contributed by atoms with Crippen molar-refractivity contribution < 1.29 is 0 Å². The van der Waals surface area contributed by atoms with Crippen LogP contribution in [0, 0.1) is 5.92 Å². The second-order valence-corrected chi connectivity index (χ2v) is 5.88. The number of anilines is 2. The highest BCUT2D eigenvalue weighted by atomic mass is 15.5. The average molecular weight is 286 g/mol. The van der Waals surface area contributed by atoms with Crippen LogP contribution in [-0.4, -0.2) is 20.2 Å². The van der Waals surface area contributed by atoms with Crippen molar-refractivity contribution in [3.8, 4) is 11.4 Å². The Balaban J connectivity index is 1.87. The lowest BCUT2D eigenvalue weighted by Crippen LogP contribution is -2.20. The van der Waals surface area contributed by atoms with E-state index in [0.717, 1.165) is 30.1 Å². The quantitative estimate of drug-likeness (QED) is 0.846. The molecule has 2 aromatic rings. The minimum atomic E-state index is 0.370. The minimum absolute atomic E-state index is 0.370. The molecule has 112 valence electrons. The summed E-state index contributed by atoms with van der Waals surface area (Å²) in [5.41, 5.74) is 13.9. The minimum Gasteiger partial charge on any atom is -0.399 e. The van der Waals surface area contributed by atoms with Gasteiger partial charge in [0.15, 0.2) is 5.82 Å². The van der Waals surface area contributed by atoms with Gasteiger partial charge in [0.25, 0.3) is 0 Å². The molecule has 1 fully saturated rings. The zero-order valence-corrected chi connectivity index (χ0v) is 12.4. The van der Waals surface area contributed by atoms with Crippen LogP contribution < -0.4 is 11.5 Å². The maximum atomic E-state index is 6.07. The zero-order valence-electron chi connectivity index (χ0n) is 12.4. The monoisotopic (exact) mass is 286 g/mol. The molecular weight excluding hydrogens is 264 g/mol. The molecule has 0 amide bonds. The summed E-state index contributed by atoms with van der Waals surface area (Å²) in [6.45, 7) is 2.27. The molecule has 1 aromatic carbocycles. The summed E-state index contributed by atoms with van der Waals surface area (Å²) in [6.07, 6.45) is 6.02. The highest BCUT2D eigenvalue weighted by Crippen LogP contribution is 2.36. The van der Waals surface area contributed by atoms with Crippen molar-refractivity contribution >= 4 is 11.4 Å². The molecule has 21 heavy (non-hydrogen) atoms. The van der Waals surface area contributed by atoms with Gasteiger partial charge in [0, 0.05) is 16.9 Å². The molecule has 6 nitrogen and oxygen atoms in total. The van der Waals surface area contributed by atoms with E-state index in [1.54, 1.807) is 6.07 Å². The summed E-state index contributed by atoms with van der Waals surface area (Å²) in [5, 5.41) is 12.2. The van der Waals surface area contributed by atoms with Gasteiger partial charge in [-0.25, -0.2) is 4.68 Å². The number of aromatic nitrogens is 4. The maximum absolute atomic E-state index is 6.07. The van der Waals surface area contributed by atoms with E-state index in [1.165, 1.54) is 19.3 Å². The molecule has 0 radical (unpaired) electrons. The zero-order chi connectivity index (χ0) is 14.8. The fraction of sp³-hybridized carbons (Fsp3) is 0.533. The molecule has 1 aliphatic rings. The summed E-state index contributed by atoms with van der Waals surface area (Å²) in [5.74, 6) is 1.59. The van der Waals surface area contributed by atoms with Crippen molar-refractivity contribution in [2.24, 2.45) is 5.92 Å². The molecule has 0 spiro atoms. The van der Waals surface area contributed by atoms with Crippen molar-refractivity contribution in [3.63, 3.8) is 0 Å². The summed E-state index contributed by atoms with van der Waals surface area (Å²) in [6, 6.07) is 5.85. The van der Waals surface area contributed by atoms with Crippen molar-refractivity contribution in [3.05, 3.63) is 18.2 Å². The standard InChI is InChI=1S/C15H22N6/c1-2-10-3-6-12(7-4-10)21-15(18-19-20-21)13-8-5-11(16)9-14(13)17/h5,8-10,12H,2-4,6-7,16-17H2,1H3. The van der Waals surface area contributed by atoms with E-state index in [0.29, 0.717) is 17.4 Å². The van der Waals surface area contributed by atoms with Crippen LogP contribution in [0.1, 0.15) is 45.1 Å². The lowest BCUT2D eigenvalue weighted by atomic mass is 9.84. The van der Waals surface area contributed by atoms with Gasteiger partial charge in [0.2, 0.25) is 0 Å². The van der Waals surface area contributed by atoms with Crippen LogP contribution in [0.3, 0.4) is 0 Å². The van der Waals surface area contributed by atoms with Crippen LogP contribution in [0.5, 0.6) is 0 Å². The number of rotatable bonds is 3. The lowest BCUT2D eigenvalue weighted by molar-refractivity contribution is 0.255. The Morgan fingerprint density at radius 1 is 1.19 bits per heavy atom. The Bertz CT molecular complexity index is 612. The summed E-state index contributed by atoms with van der Waals surface area (Å²) in [7, 11) is 0. The van der Waals surface area contributed by atoms with E-state index in [-0.39, 0.29) is 0 Å². The number of nitrogen functional groups attached to an aromatic ring is 2. The van der Waals surface area contributed by atoms with Crippen LogP contribution in [-0.2, 0) is 0 Å². The third-order valence-corrected chi connectivity index (χ3v) is 4.55. The SMILES string of the molecule is CCC1CCC(n2nnnc2-c2ccc(N)cc2N)CC1. The molecule has 0 bridgehead atoms. The van der Waals surface area contributed by atoms with Crippen molar-refractivity contribution in [1.29, 1.82) is 0 Å². The van der Waals surface area contributed by atoms with Gasteiger partial charge in [0.05, 0.1) is 6.04 Å². The van der Waals surface area contributed by atoms with Crippen LogP contribution in [0.2, 0.25) is 0 Å². The number of nitrogens with two attached hydrogens (primary N) is 2. The summed E-state index contributed by atoms with van der Waals surface area (Å²) in [4.78, 5) is 0. The van der Waals surface area contributed by atoms with Crippen LogP contribution in [0.25, 0.3) is 11.4 Å². The van der Waals surface area contributed by atoms with Crippen LogP contribution in [0.15, 0.2) is 18.2 Å². The molecule has 1 aliphatic carbocycles. The van der Waals surface area contributed by atoms with E-state index < -0.39 is 0 Å². The van der Waals surface area contributed by atoms with Crippen molar-refractivity contribution in [2.45, 2.75) is 45.1 Å². The third kappa shape index (κ3) is 2.70. The topological polar surface area (TPSA) is 95.6 Å². The molecule has 6 heteroatoms. The molecule has 0 unspecified atom stereocenters. The van der Waals surface area contributed by atoms with Gasteiger partial charge in [-0.2, -0.15) is 0 Å².